The van der Waals surface area contributed by atoms with Gasteiger partial charge in [0.05, 0.1) is 25.3 Å². The number of hydrogen-bond donors (Lipinski definition) is 1. The van der Waals surface area contributed by atoms with E-state index in [1.54, 1.807) is 16.7 Å². The zero-order chi connectivity index (χ0) is 29.0. The molecule has 41 heavy (non-hydrogen) atoms. The molecule has 2 aliphatic heterocycles. The number of ether oxygens (including phenoxy) is 2. The molecular weight excluding hydrogens is 531 g/mol. The Bertz CT molecular complexity index is 1470. The van der Waals surface area contributed by atoms with Gasteiger partial charge >= 0.3 is 6.16 Å². The number of halogens is 1. The van der Waals surface area contributed by atoms with E-state index in [0.29, 0.717) is 66.2 Å². The van der Waals surface area contributed by atoms with Gasteiger partial charge in [-0.15, -0.1) is 0 Å². The van der Waals surface area contributed by atoms with Crippen LogP contribution in [0.1, 0.15) is 73.8 Å². The molecule has 1 unspecified atom stereocenters. The van der Waals surface area contributed by atoms with Gasteiger partial charge in [-0.2, -0.15) is 0 Å². The maximum absolute atomic E-state index is 13.7. The molecule has 2 aromatic heterocycles. The van der Waals surface area contributed by atoms with Gasteiger partial charge in [-0.25, -0.2) is 14.2 Å². The fourth-order valence-electron chi connectivity index (χ4n) is 6.01. The lowest BCUT2D eigenvalue weighted by Gasteiger charge is -2.42. The van der Waals surface area contributed by atoms with Crippen molar-refractivity contribution in [2.45, 2.75) is 70.9 Å². The number of allylic oxidation sites excluding steroid dienone is 1. The number of carbonyl (C=O) groups excluding carboxylic acids is 1. The minimum Gasteiger partial charge on any atom is -0.430 e. The van der Waals surface area contributed by atoms with Gasteiger partial charge in [0, 0.05) is 54.4 Å². The molecule has 1 fully saturated rings. The first-order valence-electron chi connectivity index (χ1n) is 14.4. The molecule has 0 amide bonds. The number of rotatable bonds is 9. The van der Waals surface area contributed by atoms with E-state index in [4.69, 9.17) is 14.0 Å². The molecule has 0 bridgehead atoms. The molecule has 1 atom stereocenters. The van der Waals surface area contributed by atoms with Crippen molar-refractivity contribution >= 4 is 17.1 Å². The minimum atomic E-state index is -0.726. The normalized spacial score (nSPS) is 22.6. The number of fused-ring (bicyclic) bond motifs is 2. The first kappa shape index (κ1) is 28.9. The average Bonchev–Trinajstić information content (AvgIpc) is 3.38. The standard InChI is InChI=1S/C30H38FN4O6/c1-3-4-5-17-39-30(38)40-19-35(16-12-23-20(2)32-28-25(36)7-6-13-34(28)29(23)37)14-10-21(11-15-35)27-24-9-8-22(31)18-26(24)41-33-27/h4-5,8-9,18,21,25,36H,3,6-7,10-17,19H2,1-2H3/q+1. The summed E-state index contributed by atoms with van der Waals surface area (Å²) in [5, 5.41) is 15.4. The summed E-state index contributed by atoms with van der Waals surface area (Å²) in [7, 11) is 0. The van der Waals surface area contributed by atoms with E-state index in [-0.39, 0.29) is 30.6 Å². The molecule has 3 aromatic rings. The molecule has 0 radical (unpaired) electrons. The summed E-state index contributed by atoms with van der Waals surface area (Å²) in [4.78, 5) is 30.4. The summed E-state index contributed by atoms with van der Waals surface area (Å²) in [6, 6.07) is 4.46. The monoisotopic (exact) mass is 569 g/mol. The largest absolute Gasteiger partial charge is 0.512 e. The Hall–Kier alpha value is -3.57. The quantitative estimate of drug-likeness (QED) is 0.225. The van der Waals surface area contributed by atoms with Gasteiger partial charge in [0.2, 0.25) is 6.73 Å². The van der Waals surface area contributed by atoms with Crippen molar-refractivity contribution in [3.8, 4) is 0 Å². The van der Waals surface area contributed by atoms with Crippen molar-refractivity contribution in [1.82, 2.24) is 14.7 Å². The predicted octanol–water partition coefficient (Wildman–Crippen LogP) is 4.67. The van der Waals surface area contributed by atoms with Crippen molar-refractivity contribution in [1.29, 1.82) is 0 Å². The Kier molecular flexibility index (Phi) is 8.84. The van der Waals surface area contributed by atoms with Crippen LogP contribution in [0.2, 0.25) is 0 Å². The van der Waals surface area contributed by atoms with Crippen LogP contribution >= 0.6 is 0 Å². The van der Waals surface area contributed by atoms with Crippen LogP contribution in [0.15, 0.2) is 39.7 Å². The van der Waals surface area contributed by atoms with Crippen LogP contribution in [0.4, 0.5) is 9.18 Å². The predicted molar refractivity (Wildman–Crippen MR) is 149 cm³/mol. The summed E-state index contributed by atoms with van der Waals surface area (Å²) in [6.07, 6.45) is 6.39. The third kappa shape index (κ3) is 6.36. The van der Waals surface area contributed by atoms with Gasteiger partial charge in [-0.05, 0) is 38.3 Å². The Balaban J connectivity index is 1.33. The van der Waals surface area contributed by atoms with Gasteiger partial charge in [0.1, 0.15) is 24.4 Å². The number of piperidine rings is 1. The summed E-state index contributed by atoms with van der Waals surface area (Å²) < 4.78 is 31.9. The SMILES string of the molecule is CCC=CCOC(=O)OC[N+]1(CCc2c(C)nc3n(c2=O)CCCC3O)CCC(c2noc3cc(F)ccc23)CC1. The maximum Gasteiger partial charge on any atom is 0.512 e. The molecule has 0 spiro atoms. The number of quaternary nitrogens is 1. The van der Waals surface area contributed by atoms with E-state index in [1.807, 2.05) is 19.9 Å². The van der Waals surface area contributed by atoms with Crippen LogP contribution in [0, 0.1) is 12.7 Å². The van der Waals surface area contributed by atoms with E-state index < -0.39 is 12.3 Å². The Morgan fingerprint density at radius 1 is 1.24 bits per heavy atom. The minimum absolute atomic E-state index is 0.108. The molecule has 0 aliphatic carbocycles. The highest BCUT2D eigenvalue weighted by atomic mass is 19.1. The molecular formula is C30H38FN4O6+. The summed E-state index contributed by atoms with van der Waals surface area (Å²) in [6.45, 7) is 6.56. The maximum atomic E-state index is 13.7. The molecule has 1 saturated heterocycles. The second kappa shape index (κ2) is 12.5. The van der Waals surface area contributed by atoms with Crippen LogP contribution < -0.4 is 5.56 Å². The van der Waals surface area contributed by atoms with Crippen LogP contribution in [0.25, 0.3) is 11.0 Å². The van der Waals surface area contributed by atoms with Crippen molar-refractivity contribution in [3.63, 3.8) is 0 Å². The molecule has 11 heteroatoms. The molecule has 1 aromatic carbocycles. The van der Waals surface area contributed by atoms with Gasteiger partial charge < -0.3 is 19.1 Å². The van der Waals surface area contributed by atoms with E-state index in [0.717, 1.165) is 36.8 Å². The highest BCUT2D eigenvalue weighted by Crippen LogP contribution is 2.35. The Morgan fingerprint density at radius 2 is 2.05 bits per heavy atom. The summed E-state index contributed by atoms with van der Waals surface area (Å²) in [5.74, 6) is 0.180. The van der Waals surface area contributed by atoms with Gasteiger partial charge in [0.15, 0.2) is 5.58 Å². The number of hydrogen-bond acceptors (Lipinski definition) is 8. The third-order valence-corrected chi connectivity index (χ3v) is 8.40. The molecule has 1 N–H and O–H groups in total. The zero-order valence-corrected chi connectivity index (χ0v) is 23.7. The number of nitrogens with zero attached hydrogens (tertiary/aromatic N) is 4. The molecule has 0 saturated carbocycles. The Labute approximate surface area is 237 Å². The number of carbonyl (C=O) groups is 1. The number of aryl methyl sites for hydroxylation is 1. The van der Waals surface area contributed by atoms with E-state index >= 15 is 0 Å². The molecule has 2 aliphatic rings. The van der Waals surface area contributed by atoms with Gasteiger partial charge in [0.25, 0.3) is 5.56 Å². The second-order valence-electron chi connectivity index (χ2n) is 11.1. The van der Waals surface area contributed by atoms with Crippen molar-refractivity contribution in [2.75, 3.05) is 33.0 Å². The van der Waals surface area contributed by atoms with Crippen molar-refractivity contribution in [3.05, 3.63) is 69.3 Å². The van der Waals surface area contributed by atoms with Crippen LogP contribution in [0.3, 0.4) is 0 Å². The lowest BCUT2D eigenvalue weighted by atomic mass is 9.90. The summed E-state index contributed by atoms with van der Waals surface area (Å²) >= 11 is 0. The second-order valence-corrected chi connectivity index (χ2v) is 11.1. The van der Waals surface area contributed by atoms with E-state index in [1.165, 1.54) is 12.1 Å². The highest BCUT2D eigenvalue weighted by Gasteiger charge is 2.38. The molecule has 4 heterocycles. The van der Waals surface area contributed by atoms with Crippen molar-refractivity contribution in [2.24, 2.45) is 0 Å². The first-order valence-corrected chi connectivity index (χ1v) is 14.4. The zero-order valence-electron chi connectivity index (χ0n) is 23.7. The topological polar surface area (TPSA) is 117 Å². The Morgan fingerprint density at radius 3 is 2.83 bits per heavy atom. The average molecular weight is 570 g/mol. The fourth-order valence-corrected chi connectivity index (χ4v) is 6.01. The van der Waals surface area contributed by atoms with Crippen LogP contribution in [-0.2, 0) is 22.4 Å². The molecule has 5 rings (SSSR count). The van der Waals surface area contributed by atoms with E-state index in [2.05, 4.69) is 10.1 Å². The number of aliphatic hydroxyl groups excluding tert-OH is 1. The number of likely N-dealkylation sites (tertiary alicyclic amines) is 1. The third-order valence-electron chi connectivity index (χ3n) is 8.40. The lowest BCUT2D eigenvalue weighted by Crippen LogP contribution is -2.55. The van der Waals surface area contributed by atoms with Gasteiger partial charge in [-0.1, -0.05) is 24.2 Å². The van der Waals surface area contributed by atoms with Gasteiger partial charge in [-0.3, -0.25) is 13.8 Å². The lowest BCUT2D eigenvalue weighted by molar-refractivity contribution is -0.948. The smallest absolute Gasteiger partial charge is 0.430 e. The van der Waals surface area contributed by atoms with Crippen LogP contribution in [-0.4, -0.2) is 63.4 Å². The first-order chi connectivity index (χ1) is 19.8. The van der Waals surface area contributed by atoms with Crippen molar-refractivity contribution < 1.29 is 32.8 Å². The molecule has 220 valence electrons. The van der Waals surface area contributed by atoms with Crippen LogP contribution in [0.5, 0.6) is 0 Å². The summed E-state index contributed by atoms with van der Waals surface area (Å²) in [5.41, 5.74) is 2.38. The highest BCUT2D eigenvalue weighted by molar-refractivity contribution is 5.79. The number of aliphatic hydroxyl groups is 1. The number of aromatic nitrogens is 3. The molecule has 10 nitrogen and oxygen atoms in total. The fraction of sp³-hybridized carbons (Fsp3) is 0.533. The van der Waals surface area contributed by atoms with E-state index in [9.17, 15) is 19.1 Å². The number of benzene rings is 1.